The van der Waals surface area contributed by atoms with Gasteiger partial charge in [-0.05, 0) is 60.7 Å². The maximum absolute atomic E-state index is 12.5. The summed E-state index contributed by atoms with van der Waals surface area (Å²) < 4.78 is 19.9. The van der Waals surface area contributed by atoms with Gasteiger partial charge in [0.2, 0.25) is 11.7 Å². The lowest BCUT2D eigenvalue weighted by molar-refractivity contribution is -0.147. The number of ketones is 1. The molecule has 1 atom stereocenters. The van der Waals surface area contributed by atoms with Crippen LogP contribution < -0.4 is 9.64 Å². The lowest BCUT2D eigenvalue weighted by Crippen LogP contribution is -2.27. The van der Waals surface area contributed by atoms with Crippen molar-refractivity contribution in [2.24, 2.45) is 5.92 Å². The van der Waals surface area contributed by atoms with Gasteiger partial charge in [-0.15, -0.1) is 0 Å². The molecule has 184 valence electrons. The van der Waals surface area contributed by atoms with Crippen LogP contribution in [0, 0.1) is 5.92 Å². The second-order valence-electron chi connectivity index (χ2n) is 7.87. The zero-order chi connectivity index (χ0) is 25.7. The molecular weight excluding hydrogens is 470 g/mol. The van der Waals surface area contributed by atoms with Crippen LogP contribution in [0.1, 0.15) is 37.7 Å². The van der Waals surface area contributed by atoms with Gasteiger partial charge in [-0.2, -0.15) is 0 Å². The third kappa shape index (κ3) is 5.49. The predicted octanol–water partition coefficient (Wildman–Crippen LogP) is 3.06. The lowest BCUT2D eigenvalue weighted by atomic mass is 10.1. The van der Waals surface area contributed by atoms with Crippen molar-refractivity contribution in [3.8, 4) is 5.75 Å². The molecule has 0 aliphatic carbocycles. The summed E-state index contributed by atoms with van der Waals surface area (Å²) in [5, 5.41) is 0. The van der Waals surface area contributed by atoms with E-state index >= 15 is 0 Å². The van der Waals surface area contributed by atoms with Gasteiger partial charge in [0.25, 0.3) is 0 Å². The van der Waals surface area contributed by atoms with E-state index in [-0.39, 0.29) is 35.9 Å². The van der Waals surface area contributed by atoms with Crippen molar-refractivity contribution >= 4 is 35.3 Å². The van der Waals surface area contributed by atoms with Crippen molar-refractivity contribution in [3.05, 3.63) is 83.8 Å². The van der Waals surface area contributed by atoms with Crippen molar-refractivity contribution in [1.82, 2.24) is 0 Å². The highest BCUT2D eigenvalue weighted by Crippen LogP contribution is 2.26. The highest BCUT2D eigenvalue weighted by molar-refractivity contribution is 6.01. The van der Waals surface area contributed by atoms with Crippen LogP contribution >= 0.6 is 0 Å². The number of Topliss-reactive ketones (excluding diaryl/α,β-unsaturated/α-hetero) is 1. The molecule has 0 N–H and O–H groups in total. The SMILES string of the molecule is COC(=O)c1ccc(N2C[C@@H](C(=O)OCC(=O)c3ccc(OC(=O)c4ccco4)cc3)CC2=O)cc1. The Bertz CT molecular complexity index is 1280. The van der Waals surface area contributed by atoms with E-state index in [4.69, 9.17) is 13.9 Å². The van der Waals surface area contributed by atoms with Crippen molar-refractivity contribution in [3.63, 3.8) is 0 Å². The summed E-state index contributed by atoms with van der Waals surface area (Å²) in [5.74, 6) is -3.01. The molecule has 0 spiro atoms. The number of amides is 1. The number of esters is 3. The van der Waals surface area contributed by atoms with Crippen molar-refractivity contribution in [2.75, 3.05) is 25.2 Å². The number of rotatable bonds is 8. The molecule has 1 amide bonds. The van der Waals surface area contributed by atoms with Gasteiger partial charge in [-0.25, -0.2) is 9.59 Å². The summed E-state index contributed by atoms with van der Waals surface area (Å²) in [6.45, 7) is -0.401. The van der Waals surface area contributed by atoms with Crippen LogP contribution in [0.3, 0.4) is 0 Å². The summed E-state index contributed by atoms with van der Waals surface area (Å²) in [7, 11) is 1.27. The van der Waals surface area contributed by atoms with Crippen LogP contribution in [-0.2, 0) is 19.1 Å². The average molecular weight is 491 g/mol. The number of anilines is 1. The highest BCUT2D eigenvalue weighted by atomic mass is 16.5. The number of benzene rings is 2. The van der Waals surface area contributed by atoms with Gasteiger partial charge in [-0.1, -0.05) is 0 Å². The van der Waals surface area contributed by atoms with Gasteiger partial charge in [0.1, 0.15) is 5.75 Å². The van der Waals surface area contributed by atoms with E-state index in [0.717, 1.165) is 0 Å². The van der Waals surface area contributed by atoms with E-state index in [2.05, 4.69) is 4.74 Å². The summed E-state index contributed by atoms with van der Waals surface area (Å²) in [6.07, 6.45) is 1.30. The van der Waals surface area contributed by atoms with Crippen LogP contribution in [0.25, 0.3) is 0 Å². The Balaban J connectivity index is 1.28. The molecule has 0 unspecified atom stereocenters. The predicted molar refractivity (Wildman–Crippen MR) is 124 cm³/mol. The lowest BCUT2D eigenvalue weighted by Gasteiger charge is -2.16. The molecule has 0 radical (unpaired) electrons. The fourth-order valence-electron chi connectivity index (χ4n) is 3.61. The first-order chi connectivity index (χ1) is 17.4. The summed E-state index contributed by atoms with van der Waals surface area (Å²) in [6, 6.07) is 15.0. The topological polar surface area (TPSA) is 129 Å². The molecule has 1 aliphatic rings. The number of hydrogen-bond acceptors (Lipinski definition) is 9. The van der Waals surface area contributed by atoms with E-state index in [9.17, 15) is 24.0 Å². The smallest absolute Gasteiger partial charge is 0.379 e. The third-order valence-electron chi connectivity index (χ3n) is 5.51. The van der Waals surface area contributed by atoms with Gasteiger partial charge in [0, 0.05) is 24.2 Å². The molecule has 1 aromatic heterocycles. The minimum absolute atomic E-state index is 0.0456. The zero-order valence-electron chi connectivity index (χ0n) is 19.2. The quantitative estimate of drug-likeness (QED) is 0.265. The second kappa shape index (κ2) is 10.7. The van der Waals surface area contributed by atoms with Crippen LogP contribution in [-0.4, -0.2) is 49.9 Å². The molecule has 1 saturated heterocycles. The first kappa shape index (κ1) is 24.4. The first-order valence-electron chi connectivity index (χ1n) is 10.9. The summed E-state index contributed by atoms with van der Waals surface area (Å²) >= 11 is 0. The number of nitrogens with zero attached hydrogens (tertiary/aromatic N) is 1. The van der Waals surface area contributed by atoms with Crippen LogP contribution in [0.15, 0.2) is 71.3 Å². The number of ether oxygens (including phenoxy) is 3. The molecule has 0 saturated carbocycles. The summed E-state index contributed by atoms with van der Waals surface area (Å²) in [4.78, 5) is 62.2. The largest absolute Gasteiger partial charge is 0.465 e. The third-order valence-corrected chi connectivity index (χ3v) is 5.51. The Morgan fingerprint density at radius 3 is 2.28 bits per heavy atom. The number of hydrogen-bond donors (Lipinski definition) is 0. The van der Waals surface area contributed by atoms with Gasteiger partial charge >= 0.3 is 17.9 Å². The van der Waals surface area contributed by atoms with E-state index < -0.39 is 36.2 Å². The molecule has 10 nitrogen and oxygen atoms in total. The number of carbonyl (C=O) groups is 5. The first-order valence-corrected chi connectivity index (χ1v) is 10.9. The van der Waals surface area contributed by atoms with Crippen LogP contribution in [0.5, 0.6) is 5.75 Å². The maximum Gasteiger partial charge on any atom is 0.379 e. The Labute approximate surface area is 205 Å². The van der Waals surface area contributed by atoms with Gasteiger partial charge in [-0.3, -0.25) is 14.4 Å². The molecule has 4 rings (SSSR count). The fraction of sp³-hybridized carbons (Fsp3) is 0.192. The molecule has 1 fully saturated rings. The minimum atomic E-state index is -0.728. The van der Waals surface area contributed by atoms with E-state index in [0.29, 0.717) is 11.3 Å². The molecule has 2 aromatic carbocycles. The molecular formula is C26H21NO9. The minimum Gasteiger partial charge on any atom is -0.465 e. The molecule has 1 aliphatic heterocycles. The van der Waals surface area contributed by atoms with Crippen molar-refractivity contribution < 1.29 is 42.6 Å². The zero-order valence-corrected chi connectivity index (χ0v) is 19.2. The van der Waals surface area contributed by atoms with E-state index in [1.54, 1.807) is 18.2 Å². The second-order valence-corrected chi connectivity index (χ2v) is 7.87. The molecule has 2 heterocycles. The Hall–Kier alpha value is -4.73. The Kier molecular flexibility index (Phi) is 7.24. The monoisotopic (exact) mass is 491 g/mol. The van der Waals surface area contributed by atoms with Gasteiger partial charge < -0.3 is 23.5 Å². The highest BCUT2D eigenvalue weighted by Gasteiger charge is 2.36. The Morgan fingerprint density at radius 2 is 1.64 bits per heavy atom. The maximum atomic E-state index is 12.5. The van der Waals surface area contributed by atoms with Crippen molar-refractivity contribution in [2.45, 2.75) is 6.42 Å². The van der Waals surface area contributed by atoms with Gasteiger partial charge in [0.05, 0.1) is 24.9 Å². The molecule has 10 heteroatoms. The number of methoxy groups -OCH3 is 1. The fourth-order valence-corrected chi connectivity index (χ4v) is 3.61. The van der Waals surface area contributed by atoms with E-state index in [1.165, 1.54) is 60.7 Å². The molecule has 0 bridgehead atoms. The number of furan rings is 1. The standard InChI is InChI=1S/C26H21NO9/c1-33-24(30)17-4-8-19(9-5-17)27-14-18(13-23(27)29)25(31)35-15-21(28)16-6-10-20(11-7-16)36-26(32)22-3-2-12-34-22/h2-12,18H,13-15H2,1H3/t18-/m0/s1. The van der Waals surface area contributed by atoms with Crippen molar-refractivity contribution in [1.29, 1.82) is 0 Å². The summed E-state index contributed by atoms with van der Waals surface area (Å²) in [5.41, 5.74) is 1.13. The molecule has 36 heavy (non-hydrogen) atoms. The van der Waals surface area contributed by atoms with Crippen LogP contribution in [0.2, 0.25) is 0 Å². The normalized spacial score (nSPS) is 14.9. The van der Waals surface area contributed by atoms with E-state index in [1.807, 2.05) is 0 Å². The Morgan fingerprint density at radius 1 is 0.944 bits per heavy atom. The van der Waals surface area contributed by atoms with Gasteiger partial charge in [0.15, 0.2) is 12.4 Å². The van der Waals surface area contributed by atoms with Crippen LogP contribution in [0.4, 0.5) is 5.69 Å². The molecule has 3 aromatic rings. The average Bonchev–Trinajstić information content (AvgIpc) is 3.57. The number of carbonyl (C=O) groups excluding carboxylic acids is 5.